The summed E-state index contributed by atoms with van der Waals surface area (Å²) in [6.45, 7) is 3.27. The molecule has 1 saturated heterocycles. The van der Waals surface area contributed by atoms with E-state index in [4.69, 9.17) is 4.74 Å². The van der Waals surface area contributed by atoms with Crippen molar-refractivity contribution < 1.29 is 9.47 Å². The smallest absolute Gasteiger partial charge is 0.0721 e. The van der Waals surface area contributed by atoms with Gasteiger partial charge in [0.25, 0.3) is 0 Å². The summed E-state index contributed by atoms with van der Waals surface area (Å²) in [6, 6.07) is 29.8. The van der Waals surface area contributed by atoms with E-state index in [9.17, 15) is 0 Å². The summed E-state index contributed by atoms with van der Waals surface area (Å²) in [4.78, 5) is 0. The molecule has 4 aromatic carbocycles. The van der Waals surface area contributed by atoms with Crippen LogP contribution in [-0.2, 0) is 22.7 Å². The lowest BCUT2D eigenvalue weighted by molar-refractivity contribution is 0.107. The van der Waals surface area contributed by atoms with Crippen LogP contribution in [-0.4, -0.2) is 13.2 Å². The van der Waals surface area contributed by atoms with E-state index in [0.717, 1.165) is 13.2 Å². The molecule has 0 bridgehead atoms. The van der Waals surface area contributed by atoms with Crippen LogP contribution in [0.3, 0.4) is 0 Å². The summed E-state index contributed by atoms with van der Waals surface area (Å²) in [5.41, 5.74) is 2.42. The first-order valence-electron chi connectivity index (χ1n) is 8.99. The largest absolute Gasteiger partial charge is 0.377 e. The summed E-state index contributed by atoms with van der Waals surface area (Å²) in [7, 11) is 0. The van der Waals surface area contributed by atoms with Crippen molar-refractivity contribution >= 4 is 21.5 Å². The van der Waals surface area contributed by atoms with Crippen molar-refractivity contribution in [3.63, 3.8) is 0 Å². The Morgan fingerprint density at radius 1 is 0.577 bits per heavy atom. The van der Waals surface area contributed by atoms with Crippen LogP contribution in [0.15, 0.2) is 84.9 Å². The monoisotopic (exact) mass is 342 g/mol. The average molecular weight is 342 g/mol. The second-order valence-electron chi connectivity index (χ2n) is 6.47. The van der Waals surface area contributed by atoms with Crippen LogP contribution in [0.2, 0.25) is 0 Å². The van der Waals surface area contributed by atoms with Gasteiger partial charge in [-0.3, -0.25) is 0 Å². The summed E-state index contributed by atoms with van der Waals surface area (Å²) in [6.07, 6.45) is 0. The topological polar surface area (TPSA) is 21.8 Å². The first-order valence-corrected chi connectivity index (χ1v) is 8.99. The first-order chi connectivity index (χ1) is 12.9. The lowest BCUT2D eigenvalue weighted by Crippen LogP contribution is -1.94. The third-order valence-electron chi connectivity index (χ3n) is 4.37. The minimum absolute atomic E-state index is 0.637. The van der Waals surface area contributed by atoms with Gasteiger partial charge in [0.1, 0.15) is 0 Å². The van der Waals surface area contributed by atoms with Gasteiger partial charge in [-0.2, -0.15) is 0 Å². The van der Waals surface area contributed by atoms with Crippen LogP contribution >= 0.6 is 0 Å². The van der Waals surface area contributed by atoms with Gasteiger partial charge in [0, 0.05) is 0 Å². The predicted octanol–water partition coefficient (Wildman–Crippen LogP) is 5.73. The van der Waals surface area contributed by atoms with Crippen LogP contribution in [0.25, 0.3) is 21.5 Å². The number of rotatable bonds is 4. The highest BCUT2D eigenvalue weighted by molar-refractivity contribution is 5.83. The van der Waals surface area contributed by atoms with E-state index in [-0.39, 0.29) is 0 Å². The lowest BCUT2D eigenvalue weighted by Gasteiger charge is -2.07. The van der Waals surface area contributed by atoms with Gasteiger partial charge in [-0.15, -0.1) is 0 Å². The first kappa shape index (κ1) is 16.8. The van der Waals surface area contributed by atoms with Crippen molar-refractivity contribution in [2.75, 3.05) is 13.2 Å². The van der Waals surface area contributed by atoms with E-state index >= 15 is 0 Å². The SMILES string of the molecule is C1CO1.c1ccc2cc(COCc3ccc4ccccc4c3)ccc2c1. The minimum atomic E-state index is 0.637. The maximum absolute atomic E-state index is 5.90. The van der Waals surface area contributed by atoms with Gasteiger partial charge < -0.3 is 9.47 Å². The molecule has 4 aromatic rings. The molecule has 0 saturated carbocycles. The van der Waals surface area contributed by atoms with Crippen LogP contribution in [0.4, 0.5) is 0 Å². The second-order valence-corrected chi connectivity index (χ2v) is 6.47. The molecule has 0 radical (unpaired) electrons. The molecule has 1 fully saturated rings. The van der Waals surface area contributed by atoms with Crippen molar-refractivity contribution in [1.29, 1.82) is 0 Å². The molecular formula is C24H22O2. The zero-order valence-electron chi connectivity index (χ0n) is 14.7. The van der Waals surface area contributed by atoms with Gasteiger partial charge >= 0.3 is 0 Å². The molecule has 1 aliphatic heterocycles. The summed E-state index contributed by atoms with van der Waals surface area (Å²) >= 11 is 0. The van der Waals surface area contributed by atoms with Gasteiger partial charge in [0.15, 0.2) is 0 Å². The molecule has 130 valence electrons. The Morgan fingerprint density at radius 3 is 1.42 bits per heavy atom. The predicted molar refractivity (Wildman–Crippen MR) is 107 cm³/mol. The Hall–Kier alpha value is -2.68. The Bertz CT molecular complexity index is 923. The molecule has 1 heterocycles. The van der Waals surface area contributed by atoms with Gasteiger partial charge in [-0.1, -0.05) is 72.8 Å². The zero-order chi connectivity index (χ0) is 17.6. The number of epoxide rings is 1. The standard InChI is InChI=1S/C22H18O.C2H4O/c1-3-7-21-13-17(9-11-19(21)5-1)15-23-16-18-10-12-20-6-2-4-8-22(20)14-18;1-2-3-1/h1-14H,15-16H2;1-2H2. The van der Waals surface area contributed by atoms with E-state index in [1.807, 2.05) is 0 Å². The Labute approximate surface area is 154 Å². The quantitative estimate of drug-likeness (QED) is 0.442. The van der Waals surface area contributed by atoms with Crippen molar-refractivity contribution in [2.24, 2.45) is 0 Å². The van der Waals surface area contributed by atoms with Gasteiger partial charge in [0.05, 0.1) is 26.4 Å². The van der Waals surface area contributed by atoms with Crippen LogP contribution < -0.4 is 0 Å². The summed E-state index contributed by atoms with van der Waals surface area (Å²) in [5.74, 6) is 0. The van der Waals surface area contributed by atoms with Crippen molar-refractivity contribution in [3.8, 4) is 0 Å². The summed E-state index contributed by atoms with van der Waals surface area (Å²) < 4.78 is 10.4. The molecule has 1 aliphatic rings. The molecule has 0 atom stereocenters. The molecule has 0 aromatic heterocycles. The van der Waals surface area contributed by atoms with Gasteiger partial charge in [0.2, 0.25) is 0 Å². The second kappa shape index (κ2) is 8.13. The third-order valence-corrected chi connectivity index (χ3v) is 4.37. The van der Waals surface area contributed by atoms with E-state index in [0.29, 0.717) is 13.2 Å². The molecule has 2 heteroatoms. The van der Waals surface area contributed by atoms with E-state index in [1.54, 1.807) is 0 Å². The summed E-state index contributed by atoms with van der Waals surface area (Å²) in [5, 5.41) is 5.06. The Morgan fingerprint density at radius 2 is 1.00 bits per heavy atom. The fourth-order valence-electron chi connectivity index (χ4n) is 2.94. The highest BCUT2D eigenvalue weighted by Gasteiger charge is 1.99. The molecule has 2 nitrogen and oxygen atoms in total. The van der Waals surface area contributed by atoms with Crippen molar-refractivity contribution in [3.05, 3.63) is 96.1 Å². The van der Waals surface area contributed by atoms with E-state index < -0.39 is 0 Å². The van der Waals surface area contributed by atoms with E-state index in [1.165, 1.54) is 32.7 Å². The normalized spacial score (nSPS) is 12.6. The number of fused-ring (bicyclic) bond motifs is 2. The van der Waals surface area contributed by atoms with Gasteiger partial charge in [-0.25, -0.2) is 0 Å². The molecule has 0 unspecified atom stereocenters. The maximum atomic E-state index is 5.90. The molecule has 26 heavy (non-hydrogen) atoms. The molecular weight excluding hydrogens is 320 g/mol. The zero-order valence-corrected chi connectivity index (χ0v) is 14.7. The number of benzene rings is 4. The Balaban J connectivity index is 0.000000510. The third kappa shape index (κ3) is 4.48. The average Bonchev–Trinajstić information content (AvgIpc) is 3.57. The van der Waals surface area contributed by atoms with Crippen LogP contribution in [0.1, 0.15) is 11.1 Å². The number of ether oxygens (including phenoxy) is 2. The molecule has 0 N–H and O–H groups in total. The molecule has 0 aliphatic carbocycles. The minimum Gasteiger partial charge on any atom is -0.377 e. The van der Waals surface area contributed by atoms with Crippen molar-refractivity contribution in [2.45, 2.75) is 13.2 Å². The highest BCUT2D eigenvalue weighted by Crippen LogP contribution is 2.18. The Kier molecular flexibility index (Phi) is 5.25. The fraction of sp³-hybridized carbons (Fsp3) is 0.167. The van der Waals surface area contributed by atoms with Crippen LogP contribution in [0.5, 0.6) is 0 Å². The molecule has 5 rings (SSSR count). The number of hydrogen-bond acceptors (Lipinski definition) is 2. The molecule has 0 spiro atoms. The number of hydrogen-bond donors (Lipinski definition) is 0. The molecule has 0 amide bonds. The van der Waals surface area contributed by atoms with E-state index in [2.05, 4.69) is 89.7 Å². The van der Waals surface area contributed by atoms with Gasteiger partial charge in [-0.05, 0) is 44.8 Å². The highest BCUT2D eigenvalue weighted by atomic mass is 16.6. The van der Waals surface area contributed by atoms with Crippen molar-refractivity contribution in [1.82, 2.24) is 0 Å². The lowest BCUT2D eigenvalue weighted by atomic mass is 10.1. The maximum Gasteiger partial charge on any atom is 0.0721 e. The fourth-order valence-corrected chi connectivity index (χ4v) is 2.94. The van der Waals surface area contributed by atoms with Crippen LogP contribution in [0, 0.1) is 0 Å².